The maximum Gasteiger partial charge on any atom is 0.276 e. The van der Waals surface area contributed by atoms with Crippen LogP contribution in [0.15, 0.2) is 41.1 Å². The fourth-order valence-corrected chi connectivity index (χ4v) is 3.64. The van der Waals surface area contributed by atoms with Gasteiger partial charge >= 0.3 is 0 Å². The Labute approximate surface area is 169 Å². The van der Waals surface area contributed by atoms with E-state index in [2.05, 4.69) is 27.3 Å². The Balaban J connectivity index is 1.36. The lowest BCUT2D eigenvalue weighted by Gasteiger charge is -2.34. The highest BCUT2D eigenvalue weighted by molar-refractivity contribution is 5.93. The standard InChI is InChI=1S/C21H25N5O3/c1-15-18(14-24(2)22-15)20-12-19(23-29-20)21(27)26-9-7-25(8-10-26)13-16-5-4-6-17(11-16)28-3/h4-6,11-12,14H,7-10,13H2,1-3H3. The molecule has 2 aromatic heterocycles. The number of amides is 1. The van der Waals surface area contributed by atoms with E-state index in [0.29, 0.717) is 24.5 Å². The third-order valence-corrected chi connectivity index (χ3v) is 5.21. The second kappa shape index (κ2) is 8.08. The third-order valence-electron chi connectivity index (χ3n) is 5.21. The highest BCUT2D eigenvalue weighted by Gasteiger charge is 2.25. The quantitative estimate of drug-likeness (QED) is 0.660. The van der Waals surface area contributed by atoms with Crippen molar-refractivity contribution >= 4 is 5.91 Å². The van der Waals surface area contributed by atoms with Crippen LogP contribution in [-0.2, 0) is 13.6 Å². The molecule has 1 aromatic carbocycles. The number of rotatable bonds is 5. The number of methoxy groups -OCH3 is 1. The van der Waals surface area contributed by atoms with E-state index in [1.807, 2.05) is 37.2 Å². The summed E-state index contributed by atoms with van der Waals surface area (Å²) in [5.74, 6) is 1.33. The Kier molecular flexibility index (Phi) is 5.35. The fraction of sp³-hybridized carbons (Fsp3) is 0.381. The van der Waals surface area contributed by atoms with E-state index in [0.717, 1.165) is 36.6 Å². The molecular weight excluding hydrogens is 370 g/mol. The van der Waals surface area contributed by atoms with Crippen LogP contribution in [0.2, 0.25) is 0 Å². The molecule has 29 heavy (non-hydrogen) atoms. The number of ether oxygens (including phenoxy) is 1. The molecule has 1 saturated heterocycles. The Hall–Kier alpha value is -3.13. The highest BCUT2D eigenvalue weighted by Crippen LogP contribution is 2.24. The van der Waals surface area contributed by atoms with E-state index in [1.165, 1.54) is 5.56 Å². The van der Waals surface area contributed by atoms with Crippen molar-refractivity contribution < 1.29 is 14.1 Å². The summed E-state index contributed by atoms with van der Waals surface area (Å²) in [5.41, 5.74) is 3.23. The highest BCUT2D eigenvalue weighted by atomic mass is 16.5. The number of aromatic nitrogens is 3. The van der Waals surface area contributed by atoms with E-state index < -0.39 is 0 Å². The van der Waals surface area contributed by atoms with Crippen molar-refractivity contribution in [1.29, 1.82) is 0 Å². The van der Waals surface area contributed by atoms with Gasteiger partial charge in [-0.25, -0.2) is 0 Å². The van der Waals surface area contributed by atoms with Crippen LogP contribution in [0.3, 0.4) is 0 Å². The second-order valence-electron chi connectivity index (χ2n) is 7.30. The smallest absolute Gasteiger partial charge is 0.276 e. The van der Waals surface area contributed by atoms with Gasteiger partial charge in [0.15, 0.2) is 11.5 Å². The van der Waals surface area contributed by atoms with Gasteiger partial charge in [-0.1, -0.05) is 17.3 Å². The van der Waals surface area contributed by atoms with Gasteiger partial charge in [0, 0.05) is 52.0 Å². The zero-order valence-corrected chi connectivity index (χ0v) is 17.0. The number of carbonyl (C=O) groups is 1. The Morgan fingerprint density at radius 1 is 1.21 bits per heavy atom. The van der Waals surface area contributed by atoms with Crippen LogP contribution in [0.25, 0.3) is 11.3 Å². The summed E-state index contributed by atoms with van der Waals surface area (Å²) in [4.78, 5) is 17.0. The summed E-state index contributed by atoms with van der Waals surface area (Å²) in [6.07, 6.45) is 1.86. The Bertz CT molecular complexity index is 1000. The molecule has 0 saturated carbocycles. The topological polar surface area (TPSA) is 76.6 Å². The molecular formula is C21H25N5O3. The molecule has 1 fully saturated rings. The van der Waals surface area contributed by atoms with Gasteiger partial charge in [-0.2, -0.15) is 5.10 Å². The Morgan fingerprint density at radius 2 is 2.00 bits per heavy atom. The molecule has 152 valence electrons. The molecule has 0 spiro atoms. The lowest BCUT2D eigenvalue weighted by molar-refractivity contribution is 0.0618. The molecule has 0 radical (unpaired) electrons. The number of nitrogens with zero attached hydrogens (tertiary/aromatic N) is 5. The summed E-state index contributed by atoms with van der Waals surface area (Å²) in [5, 5.41) is 8.30. The third kappa shape index (κ3) is 4.17. The first kappa shape index (κ1) is 19.2. The summed E-state index contributed by atoms with van der Waals surface area (Å²) in [6, 6.07) is 9.79. The van der Waals surface area contributed by atoms with Crippen LogP contribution in [0, 0.1) is 6.92 Å². The zero-order valence-electron chi connectivity index (χ0n) is 17.0. The van der Waals surface area contributed by atoms with Gasteiger partial charge < -0.3 is 14.2 Å². The summed E-state index contributed by atoms with van der Waals surface area (Å²) >= 11 is 0. The minimum Gasteiger partial charge on any atom is -0.497 e. The fourth-order valence-electron chi connectivity index (χ4n) is 3.64. The van der Waals surface area contributed by atoms with Crippen LogP contribution >= 0.6 is 0 Å². The van der Waals surface area contributed by atoms with Crippen molar-refractivity contribution in [3.8, 4) is 17.1 Å². The predicted molar refractivity (Wildman–Crippen MR) is 108 cm³/mol. The van der Waals surface area contributed by atoms with Crippen molar-refractivity contribution in [3.05, 3.63) is 53.5 Å². The lowest BCUT2D eigenvalue weighted by atomic mass is 10.1. The normalized spacial score (nSPS) is 14.9. The van der Waals surface area contributed by atoms with E-state index in [4.69, 9.17) is 9.26 Å². The van der Waals surface area contributed by atoms with Crippen molar-refractivity contribution in [3.63, 3.8) is 0 Å². The SMILES string of the molecule is COc1cccc(CN2CCN(C(=O)c3cc(-c4cn(C)nc4C)on3)CC2)c1. The van der Waals surface area contributed by atoms with Crippen molar-refractivity contribution in [2.45, 2.75) is 13.5 Å². The maximum absolute atomic E-state index is 12.8. The van der Waals surface area contributed by atoms with Crippen LogP contribution in [0.1, 0.15) is 21.7 Å². The van der Waals surface area contributed by atoms with Gasteiger partial charge in [-0.15, -0.1) is 0 Å². The van der Waals surface area contributed by atoms with Gasteiger partial charge in [0.05, 0.1) is 18.4 Å². The second-order valence-corrected chi connectivity index (χ2v) is 7.30. The number of hydrogen-bond donors (Lipinski definition) is 0. The summed E-state index contributed by atoms with van der Waals surface area (Å²) in [6.45, 7) is 5.70. The minimum atomic E-state index is -0.0948. The van der Waals surface area contributed by atoms with Crippen LogP contribution in [-0.4, -0.2) is 63.9 Å². The summed E-state index contributed by atoms with van der Waals surface area (Å²) in [7, 11) is 3.53. The molecule has 3 aromatic rings. The molecule has 0 unspecified atom stereocenters. The lowest BCUT2D eigenvalue weighted by Crippen LogP contribution is -2.48. The first-order valence-corrected chi connectivity index (χ1v) is 9.65. The average molecular weight is 395 g/mol. The van der Waals surface area contributed by atoms with Gasteiger partial charge in [0.2, 0.25) is 0 Å². The number of carbonyl (C=O) groups excluding carboxylic acids is 1. The van der Waals surface area contributed by atoms with Crippen LogP contribution in [0.4, 0.5) is 0 Å². The number of benzene rings is 1. The van der Waals surface area contributed by atoms with Crippen LogP contribution < -0.4 is 4.74 Å². The summed E-state index contributed by atoms with van der Waals surface area (Å²) < 4.78 is 12.4. The zero-order chi connectivity index (χ0) is 20.4. The van der Waals surface area contributed by atoms with Crippen LogP contribution in [0.5, 0.6) is 5.75 Å². The molecule has 0 atom stereocenters. The number of aryl methyl sites for hydroxylation is 2. The predicted octanol–water partition coefficient (Wildman–Crippen LogP) is 2.35. The molecule has 0 N–H and O–H groups in total. The molecule has 8 nitrogen and oxygen atoms in total. The number of piperazine rings is 1. The largest absolute Gasteiger partial charge is 0.497 e. The molecule has 4 rings (SSSR count). The molecule has 0 aliphatic carbocycles. The minimum absolute atomic E-state index is 0.0948. The van der Waals surface area contributed by atoms with Gasteiger partial charge in [0.25, 0.3) is 5.91 Å². The molecule has 1 aliphatic rings. The van der Waals surface area contributed by atoms with E-state index in [9.17, 15) is 4.79 Å². The molecule has 1 aliphatic heterocycles. The van der Waals surface area contributed by atoms with Gasteiger partial charge in [-0.05, 0) is 24.6 Å². The van der Waals surface area contributed by atoms with Gasteiger partial charge in [-0.3, -0.25) is 14.4 Å². The van der Waals surface area contributed by atoms with Gasteiger partial charge in [0.1, 0.15) is 5.75 Å². The monoisotopic (exact) mass is 395 g/mol. The van der Waals surface area contributed by atoms with E-state index >= 15 is 0 Å². The molecule has 8 heteroatoms. The number of hydrogen-bond acceptors (Lipinski definition) is 6. The molecule has 3 heterocycles. The average Bonchev–Trinajstić information content (AvgIpc) is 3.34. The molecule has 0 bridgehead atoms. The Morgan fingerprint density at radius 3 is 2.69 bits per heavy atom. The maximum atomic E-state index is 12.8. The van der Waals surface area contributed by atoms with Crippen molar-refractivity contribution in [1.82, 2.24) is 24.7 Å². The van der Waals surface area contributed by atoms with Crippen molar-refractivity contribution in [2.24, 2.45) is 7.05 Å². The first-order chi connectivity index (χ1) is 14.0. The van der Waals surface area contributed by atoms with E-state index in [1.54, 1.807) is 17.9 Å². The van der Waals surface area contributed by atoms with E-state index in [-0.39, 0.29) is 5.91 Å². The first-order valence-electron chi connectivity index (χ1n) is 9.65. The molecule has 1 amide bonds. The van der Waals surface area contributed by atoms with Crippen molar-refractivity contribution in [2.75, 3.05) is 33.3 Å².